The average molecular weight is 463 g/mol. The fraction of sp³-hybridized carbons (Fsp3) is 0.600. The quantitative estimate of drug-likeness (QED) is 0.436. The second-order valence-electron chi connectivity index (χ2n) is 5.45. The molecule has 6 nitrogen and oxygen atoms in total. The number of hydrogen-bond acceptors (Lipinski definition) is 3. The third-order valence-electron chi connectivity index (χ3n) is 2.79. The molecule has 0 atom stereocenters. The van der Waals surface area contributed by atoms with Crippen LogP contribution in [0.2, 0.25) is 0 Å². The Hall–Kier alpha value is -1.36. The molecule has 0 saturated heterocycles. The number of carboxylic acids is 3. The van der Waals surface area contributed by atoms with E-state index in [4.69, 9.17) is 15.3 Å². The van der Waals surface area contributed by atoms with Crippen molar-refractivity contribution in [2.75, 3.05) is 0 Å². The Kier molecular flexibility index (Phi) is 36.2. The Labute approximate surface area is 182 Å². The Bertz CT molecular complexity index is 358. The zero-order valence-electron chi connectivity index (χ0n) is 16.8. The largest absolute Gasteiger partial charge is 0.481 e. The number of carbonyl (C=O) groups is 3. The first kappa shape index (κ1) is 33.2. The smallest absolute Gasteiger partial charge is 0.303 e. The molecule has 7 heteroatoms. The van der Waals surface area contributed by atoms with E-state index in [2.05, 4.69) is 0 Å². The first-order chi connectivity index (χ1) is 12.3. The first-order valence-corrected chi connectivity index (χ1v) is 9.13. The molecule has 0 radical (unpaired) electrons. The van der Waals surface area contributed by atoms with E-state index in [1.165, 1.54) is 0 Å². The summed E-state index contributed by atoms with van der Waals surface area (Å²) in [4.78, 5) is 29.3. The maximum absolute atomic E-state index is 9.76. The van der Waals surface area contributed by atoms with Crippen molar-refractivity contribution >= 4 is 17.9 Å². The van der Waals surface area contributed by atoms with Crippen molar-refractivity contribution in [1.82, 2.24) is 0 Å². The van der Waals surface area contributed by atoms with Gasteiger partial charge in [-0.15, -0.1) is 0 Å². The van der Waals surface area contributed by atoms with Gasteiger partial charge in [0.25, 0.3) is 0 Å². The molecule has 156 valence electrons. The summed E-state index contributed by atoms with van der Waals surface area (Å²) in [5.41, 5.74) is 0. The molecule has 0 unspecified atom stereocenters. The van der Waals surface area contributed by atoms with E-state index in [9.17, 15) is 14.4 Å². The summed E-state index contributed by atoms with van der Waals surface area (Å²) in [6, 6.07) is 10.0. The van der Waals surface area contributed by atoms with Crippen LogP contribution in [-0.2, 0) is 40.6 Å². The van der Waals surface area contributed by atoms with Crippen molar-refractivity contribution in [2.45, 2.75) is 78.6 Å². The molecule has 0 aliphatic rings. The van der Waals surface area contributed by atoms with Gasteiger partial charge in [0, 0.05) is 45.5 Å². The normalized spacial score (nSPS) is 8.26. The molecular weight excluding hydrogens is 427 g/mol. The first-order valence-electron chi connectivity index (χ1n) is 9.13. The van der Waals surface area contributed by atoms with E-state index < -0.39 is 17.9 Å². The molecule has 1 aromatic carbocycles. The molecule has 0 amide bonds. The molecule has 1 rings (SSSR count). The monoisotopic (exact) mass is 461 g/mol. The van der Waals surface area contributed by atoms with Crippen molar-refractivity contribution in [2.24, 2.45) is 0 Å². The molecule has 3 N–H and O–H groups in total. The van der Waals surface area contributed by atoms with Crippen LogP contribution in [0.15, 0.2) is 30.3 Å². The van der Waals surface area contributed by atoms with Crippen molar-refractivity contribution in [1.29, 1.82) is 0 Å². The predicted octanol–water partition coefficient (Wildman–Crippen LogP) is 5.19. The molecule has 0 aromatic heterocycles. The van der Waals surface area contributed by atoms with Gasteiger partial charge in [-0.05, 0) is 19.3 Å². The van der Waals surface area contributed by atoms with Crippen LogP contribution < -0.4 is 0 Å². The summed E-state index contributed by atoms with van der Waals surface area (Å²) >= 11 is 0. The Morgan fingerprint density at radius 2 is 0.926 bits per heavy atom. The predicted molar refractivity (Wildman–Crippen MR) is 104 cm³/mol. The molecule has 0 saturated carbocycles. The van der Waals surface area contributed by atoms with E-state index >= 15 is 0 Å². The van der Waals surface area contributed by atoms with Crippen LogP contribution in [0.5, 0.6) is 0 Å². The second-order valence-corrected chi connectivity index (χ2v) is 5.45. The van der Waals surface area contributed by atoms with Gasteiger partial charge in [-0.2, -0.15) is 18.2 Å². The molecule has 1 aromatic rings. The van der Waals surface area contributed by atoms with Gasteiger partial charge in [0.15, 0.2) is 0 Å². The van der Waals surface area contributed by atoms with Crippen LogP contribution in [0.25, 0.3) is 0 Å². The van der Waals surface area contributed by atoms with Gasteiger partial charge in [-0.1, -0.05) is 40.0 Å². The van der Waals surface area contributed by atoms with Crippen LogP contribution in [0, 0.1) is 0 Å². The molecule has 0 fully saturated rings. The van der Waals surface area contributed by atoms with Gasteiger partial charge in [0.05, 0.1) is 0 Å². The molecule has 0 bridgehead atoms. The van der Waals surface area contributed by atoms with E-state index in [1.54, 1.807) is 0 Å². The SMILES string of the molecule is CCCCC(=O)O.CCCCC(=O)O.CCCCC(=O)O.[Zr].c1cc[cH-]c1. The maximum Gasteiger partial charge on any atom is 0.303 e. The molecule has 0 heterocycles. The Balaban J connectivity index is -0.000000130. The summed E-state index contributed by atoms with van der Waals surface area (Å²) in [5, 5.41) is 24.1. The number of hydrogen-bond donors (Lipinski definition) is 3. The number of carboxylic acid groups (broad SMARTS) is 3. The van der Waals surface area contributed by atoms with Crippen LogP contribution in [-0.4, -0.2) is 33.2 Å². The minimum atomic E-state index is -0.693. The maximum atomic E-state index is 9.76. The van der Waals surface area contributed by atoms with Crippen molar-refractivity contribution in [3.63, 3.8) is 0 Å². The van der Waals surface area contributed by atoms with E-state index in [0.717, 1.165) is 38.5 Å². The fourth-order valence-corrected chi connectivity index (χ4v) is 1.30. The molecule has 0 aliphatic carbocycles. The van der Waals surface area contributed by atoms with Crippen molar-refractivity contribution in [3.05, 3.63) is 30.3 Å². The minimum Gasteiger partial charge on any atom is -0.481 e. The van der Waals surface area contributed by atoms with Gasteiger partial charge in [-0.25, -0.2) is 12.1 Å². The number of rotatable bonds is 9. The third-order valence-corrected chi connectivity index (χ3v) is 2.79. The van der Waals surface area contributed by atoms with Crippen LogP contribution in [0.4, 0.5) is 0 Å². The molecular formula is C20H35O6Zr-. The topological polar surface area (TPSA) is 112 Å². The average Bonchev–Trinajstić information content (AvgIpc) is 3.17. The molecule has 0 aliphatic heterocycles. The van der Waals surface area contributed by atoms with Gasteiger partial charge >= 0.3 is 17.9 Å². The molecule has 27 heavy (non-hydrogen) atoms. The summed E-state index contributed by atoms with van der Waals surface area (Å²) < 4.78 is 0. The summed E-state index contributed by atoms with van der Waals surface area (Å²) in [6.45, 7) is 5.93. The van der Waals surface area contributed by atoms with Gasteiger partial charge in [-0.3, -0.25) is 14.4 Å². The van der Waals surface area contributed by atoms with Crippen LogP contribution in [0.3, 0.4) is 0 Å². The number of unbranched alkanes of at least 4 members (excludes halogenated alkanes) is 3. The van der Waals surface area contributed by atoms with Crippen molar-refractivity contribution in [3.8, 4) is 0 Å². The van der Waals surface area contributed by atoms with E-state index in [-0.39, 0.29) is 26.2 Å². The fourth-order valence-electron chi connectivity index (χ4n) is 1.30. The van der Waals surface area contributed by atoms with Crippen LogP contribution in [0.1, 0.15) is 78.6 Å². The van der Waals surface area contributed by atoms with Crippen molar-refractivity contribution < 1.29 is 55.9 Å². The van der Waals surface area contributed by atoms with E-state index in [0.29, 0.717) is 19.3 Å². The zero-order chi connectivity index (χ0) is 20.6. The third kappa shape index (κ3) is 51.6. The van der Waals surface area contributed by atoms with Gasteiger partial charge in [0.2, 0.25) is 0 Å². The zero-order valence-corrected chi connectivity index (χ0v) is 19.3. The summed E-state index contributed by atoms with van der Waals surface area (Å²) in [5.74, 6) is -2.08. The Morgan fingerprint density at radius 3 is 1.00 bits per heavy atom. The summed E-state index contributed by atoms with van der Waals surface area (Å²) in [6.07, 6.45) is 6.24. The summed E-state index contributed by atoms with van der Waals surface area (Å²) in [7, 11) is 0. The molecule has 0 spiro atoms. The minimum absolute atomic E-state index is 0. The second kappa shape index (κ2) is 29.4. The standard InChI is InChI=1S/3C5H10O2.C5H5.Zr/c3*1-2-3-4-5(6)7;1-2-4-5-3-1;/h3*2-4H2,1H3,(H,6,7);1-5H;/q;;;-1;. The number of aliphatic carboxylic acids is 3. The van der Waals surface area contributed by atoms with Gasteiger partial charge in [0.1, 0.15) is 0 Å². The van der Waals surface area contributed by atoms with Crippen LogP contribution >= 0.6 is 0 Å². The Morgan fingerprint density at radius 1 is 0.667 bits per heavy atom. The van der Waals surface area contributed by atoms with Gasteiger partial charge < -0.3 is 15.3 Å². The van der Waals surface area contributed by atoms with E-state index in [1.807, 2.05) is 51.1 Å².